The molecule has 0 aliphatic rings. The normalized spacial score (nSPS) is 10.4. The van der Waals surface area contributed by atoms with Crippen LogP contribution in [0.15, 0.2) is 22.9 Å². The molecule has 0 amide bonds. The van der Waals surface area contributed by atoms with Crippen LogP contribution in [0.5, 0.6) is 0 Å². The molecule has 0 aromatic carbocycles. The van der Waals surface area contributed by atoms with Crippen molar-refractivity contribution in [1.82, 2.24) is 15.1 Å². The number of hydrogen-bond acceptors (Lipinski definition) is 6. The molecule has 1 N–H and O–H groups in total. The average molecular weight is 247 g/mol. The summed E-state index contributed by atoms with van der Waals surface area (Å²) >= 11 is 0. The van der Waals surface area contributed by atoms with Gasteiger partial charge >= 0.3 is 0 Å². The molecule has 2 rings (SSSR count). The van der Waals surface area contributed by atoms with Crippen LogP contribution in [-0.2, 0) is 0 Å². The van der Waals surface area contributed by atoms with E-state index in [4.69, 9.17) is 4.52 Å². The summed E-state index contributed by atoms with van der Waals surface area (Å²) in [5.41, 5.74) is 0. The Hall–Kier alpha value is -2.11. The summed E-state index contributed by atoms with van der Waals surface area (Å²) in [6, 6.07) is 3.69. The first kappa shape index (κ1) is 12.3. The molecule has 0 unspecified atom stereocenters. The molecule has 0 radical (unpaired) electrons. The van der Waals surface area contributed by atoms with E-state index in [-0.39, 0.29) is 0 Å². The number of nitrogens with zero attached hydrogens (tertiary/aromatic N) is 4. The van der Waals surface area contributed by atoms with Crippen molar-refractivity contribution < 1.29 is 4.52 Å². The van der Waals surface area contributed by atoms with Crippen molar-refractivity contribution in [3.05, 3.63) is 24.1 Å². The van der Waals surface area contributed by atoms with Crippen LogP contribution in [0.25, 0.3) is 0 Å². The van der Waals surface area contributed by atoms with E-state index in [1.807, 2.05) is 13.0 Å². The lowest BCUT2D eigenvalue weighted by molar-refractivity contribution is 0.400. The fourth-order valence-electron chi connectivity index (χ4n) is 1.67. The van der Waals surface area contributed by atoms with Gasteiger partial charge in [-0.2, -0.15) is 4.98 Å². The Balaban J connectivity index is 2.16. The summed E-state index contributed by atoms with van der Waals surface area (Å²) in [4.78, 5) is 10.8. The Labute approximate surface area is 106 Å². The molecule has 2 aromatic rings. The van der Waals surface area contributed by atoms with Crippen molar-refractivity contribution in [2.45, 2.75) is 20.8 Å². The maximum absolute atomic E-state index is 4.98. The number of nitrogens with one attached hydrogen (secondary N) is 1. The summed E-state index contributed by atoms with van der Waals surface area (Å²) in [5, 5.41) is 6.86. The van der Waals surface area contributed by atoms with E-state index in [0.717, 1.165) is 24.7 Å². The Bertz CT molecular complexity index is 507. The Morgan fingerprint density at radius 1 is 1.33 bits per heavy atom. The summed E-state index contributed by atoms with van der Waals surface area (Å²) < 4.78 is 4.98. The third kappa shape index (κ3) is 2.77. The molecule has 0 aliphatic carbocycles. The maximum atomic E-state index is 4.98. The second-order valence-electron chi connectivity index (χ2n) is 3.86. The van der Waals surface area contributed by atoms with Gasteiger partial charge in [0.05, 0.1) is 0 Å². The van der Waals surface area contributed by atoms with E-state index in [1.54, 1.807) is 12.3 Å². The molecule has 6 nitrogen and oxygen atoms in total. The summed E-state index contributed by atoms with van der Waals surface area (Å²) in [7, 11) is 0. The smallest absolute Gasteiger partial charge is 0.230 e. The second-order valence-corrected chi connectivity index (χ2v) is 3.86. The van der Waals surface area contributed by atoms with Crippen LogP contribution in [0.2, 0.25) is 0 Å². The van der Waals surface area contributed by atoms with Crippen LogP contribution in [0, 0.1) is 6.92 Å². The Morgan fingerprint density at radius 3 is 2.72 bits per heavy atom. The first-order valence-electron chi connectivity index (χ1n) is 6.01. The lowest BCUT2D eigenvalue weighted by Gasteiger charge is -2.19. The summed E-state index contributed by atoms with van der Waals surface area (Å²) in [5.74, 6) is 2.78. The molecule has 2 aromatic heterocycles. The quantitative estimate of drug-likeness (QED) is 0.874. The van der Waals surface area contributed by atoms with Gasteiger partial charge in [-0.25, -0.2) is 4.98 Å². The van der Waals surface area contributed by atoms with E-state index >= 15 is 0 Å². The van der Waals surface area contributed by atoms with Gasteiger partial charge < -0.3 is 14.7 Å². The van der Waals surface area contributed by atoms with E-state index in [1.165, 1.54) is 0 Å². The minimum Gasteiger partial charge on any atom is -0.360 e. The van der Waals surface area contributed by atoms with Gasteiger partial charge in [-0.15, -0.1) is 0 Å². The highest BCUT2D eigenvalue weighted by molar-refractivity contribution is 5.50. The topological polar surface area (TPSA) is 67.1 Å². The highest BCUT2D eigenvalue weighted by Crippen LogP contribution is 2.15. The zero-order valence-corrected chi connectivity index (χ0v) is 10.8. The van der Waals surface area contributed by atoms with Crippen LogP contribution >= 0.6 is 0 Å². The van der Waals surface area contributed by atoms with Gasteiger partial charge in [-0.1, -0.05) is 5.16 Å². The van der Waals surface area contributed by atoms with Crippen molar-refractivity contribution in [2.24, 2.45) is 0 Å². The Kier molecular flexibility index (Phi) is 3.76. The van der Waals surface area contributed by atoms with E-state index < -0.39 is 0 Å². The second kappa shape index (κ2) is 5.48. The van der Waals surface area contributed by atoms with Crippen LogP contribution in [-0.4, -0.2) is 28.2 Å². The molecule has 18 heavy (non-hydrogen) atoms. The van der Waals surface area contributed by atoms with Gasteiger partial charge in [0.25, 0.3) is 0 Å². The standard InChI is InChI=1S/C12H17N5O/c1-4-17(5-2)11-6-7-13-12(15-11)14-10-8-9(3)18-16-10/h6-8H,4-5H2,1-3H3,(H,13,14,15,16). The van der Waals surface area contributed by atoms with Crippen molar-refractivity contribution in [3.63, 3.8) is 0 Å². The number of hydrogen-bond donors (Lipinski definition) is 1. The zero-order valence-electron chi connectivity index (χ0n) is 10.8. The average Bonchev–Trinajstić information content (AvgIpc) is 2.77. The fraction of sp³-hybridized carbons (Fsp3) is 0.417. The number of anilines is 3. The lowest BCUT2D eigenvalue weighted by atomic mass is 10.4. The van der Waals surface area contributed by atoms with Gasteiger partial charge in [-0.05, 0) is 26.8 Å². The van der Waals surface area contributed by atoms with Crippen LogP contribution in [0.1, 0.15) is 19.6 Å². The molecule has 0 spiro atoms. The molecule has 96 valence electrons. The number of aryl methyl sites for hydroxylation is 1. The Morgan fingerprint density at radius 2 is 2.11 bits per heavy atom. The fourth-order valence-corrected chi connectivity index (χ4v) is 1.67. The lowest BCUT2D eigenvalue weighted by Crippen LogP contribution is -2.23. The molecule has 0 bridgehead atoms. The third-order valence-corrected chi connectivity index (χ3v) is 2.60. The summed E-state index contributed by atoms with van der Waals surface area (Å²) in [6.07, 6.45) is 1.73. The van der Waals surface area contributed by atoms with E-state index in [0.29, 0.717) is 11.8 Å². The van der Waals surface area contributed by atoms with Gasteiger partial charge in [0.15, 0.2) is 5.82 Å². The SMILES string of the molecule is CCN(CC)c1ccnc(Nc2cc(C)on2)n1. The van der Waals surface area contributed by atoms with Crippen LogP contribution in [0.3, 0.4) is 0 Å². The third-order valence-electron chi connectivity index (χ3n) is 2.60. The van der Waals surface area contributed by atoms with Gasteiger partial charge in [0.1, 0.15) is 11.6 Å². The molecular weight excluding hydrogens is 230 g/mol. The molecule has 0 aliphatic heterocycles. The first-order chi connectivity index (χ1) is 8.72. The van der Waals surface area contributed by atoms with Crippen molar-refractivity contribution >= 4 is 17.6 Å². The highest BCUT2D eigenvalue weighted by Gasteiger charge is 2.07. The molecular formula is C12H17N5O. The molecule has 0 saturated carbocycles. The molecule has 0 fully saturated rings. The molecule has 0 atom stereocenters. The van der Waals surface area contributed by atoms with Crippen molar-refractivity contribution in [1.29, 1.82) is 0 Å². The summed E-state index contributed by atoms with van der Waals surface area (Å²) in [6.45, 7) is 7.86. The maximum Gasteiger partial charge on any atom is 0.230 e. The minimum atomic E-state index is 0.521. The highest BCUT2D eigenvalue weighted by atomic mass is 16.5. The van der Waals surface area contributed by atoms with Crippen LogP contribution < -0.4 is 10.2 Å². The van der Waals surface area contributed by atoms with E-state index in [9.17, 15) is 0 Å². The zero-order chi connectivity index (χ0) is 13.0. The van der Waals surface area contributed by atoms with Gasteiger partial charge in [0.2, 0.25) is 5.95 Å². The first-order valence-corrected chi connectivity index (χ1v) is 6.01. The van der Waals surface area contributed by atoms with Crippen molar-refractivity contribution in [3.8, 4) is 0 Å². The minimum absolute atomic E-state index is 0.521. The van der Waals surface area contributed by atoms with Crippen molar-refractivity contribution in [2.75, 3.05) is 23.3 Å². The predicted molar refractivity (Wildman–Crippen MR) is 70.1 cm³/mol. The van der Waals surface area contributed by atoms with E-state index in [2.05, 4.69) is 39.2 Å². The largest absolute Gasteiger partial charge is 0.360 e. The molecule has 0 saturated heterocycles. The van der Waals surface area contributed by atoms with Crippen LogP contribution in [0.4, 0.5) is 17.6 Å². The number of aromatic nitrogens is 3. The van der Waals surface area contributed by atoms with Gasteiger partial charge in [-0.3, -0.25) is 0 Å². The van der Waals surface area contributed by atoms with Gasteiger partial charge in [0, 0.05) is 25.4 Å². The monoisotopic (exact) mass is 247 g/mol. The molecule has 6 heteroatoms. The molecule has 2 heterocycles. The predicted octanol–water partition coefficient (Wildman–Crippen LogP) is 2.36. The number of rotatable bonds is 5.